The fourth-order valence-corrected chi connectivity index (χ4v) is 4.76. The highest BCUT2D eigenvalue weighted by molar-refractivity contribution is 5.78. The maximum atomic E-state index is 12.6. The minimum atomic E-state index is -0.641. The fourth-order valence-electron chi connectivity index (χ4n) is 4.76. The van der Waals surface area contributed by atoms with E-state index in [1.54, 1.807) is 0 Å². The Labute approximate surface area is 188 Å². The molecule has 0 radical (unpaired) electrons. The zero-order chi connectivity index (χ0) is 23.1. The molecule has 2 aliphatic rings. The molecule has 0 aromatic carbocycles. The number of ketones is 1. The van der Waals surface area contributed by atoms with Crippen molar-refractivity contribution in [2.75, 3.05) is 6.61 Å². The zero-order valence-electron chi connectivity index (χ0n) is 20.2. The van der Waals surface area contributed by atoms with Gasteiger partial charge in [-0.25, -0.2) is 0 Å². The Morgan fingerprint density at radius 2 is 1.68 bits per heavy atom. The molecule has 0 unspecified atom stereocenters. The molecule has 2 heterocycles. The van der Waals surface area contributed by atoms with Crippen LogP contribution in [-0.4, -0.2) is 53.5 Å². The summed E-state index contributed by atoms with van der Waals surface area (Å²) in [5, 5.41) is 9.31. The summed E-state index contributed by atoms with van der Waals surface area (Å²) in [5.41, 5.74) is 0. The second-order valence-corrected chi connectivity index (χ2v) is 10.1. The van der Waals surface area contributed by atoms with E-state index in [9.17, 15) is 9.90 Å². The van der Waals surface area contributed by atoms with E-state index in [1.807, 2.05) is 33.8 Å². The van der Waals surface area contributed by atoms with Gasteiger partial charge in [-0.15, -0.1) is 6.58 Å². The maximum Gasteiger partial charge on any atom is 0.163 e. The second-order valence-electron chi connectivity index (χ2n) is 10.1. The van der Waals surface area contributed by atoms with Crippen LogP contribution in [0.2, 0.25) is 0 Å². The molecule has 2 saturated heterocycles. The molecule has 0 bridgehead atoms. The van der Waals surface area contributed by atoms with E-state index < -0.39 is 11.6 Å². The summed E-state index contributed by atoms with van der Waals surface area (Å²) in [7, 11) is 0. The molecule has 2 rings (SSSR count). The van der Waals surface area contributed by atoms with Crippen LogP contribution in [0.25, 0.3) is 0 Å². The van der Waals surface area contributed by atoms with Gasteiger partial charge in [0.25, 0.3) is 0 Å². The molecule has 6 nitrogen and oxygen atoms in total. The van der Waals surface area contributed by atoms with E-state index in [4.69, 9.17) is 18.9 Å². The van der Waals surface area contributed by atoms with Gasteiger partial charge >= 0.3 is 0 Å². The Hall–Kier alpha value is -0.790. The van der Waals surface area contributed by atoms with Gasteiger partial charge in [-0.2, -0.15) is 0 Å². The largest absolute Gasteiger partial charge is 0.396 e. The minimum absolute atomic E-state index is 0.0557. The first-order valence-corrected chi connectivity index (χ1v) is 12.0. The van der Waals surface area contributed by atoms with Gasteiger partial charge in [0, 0.05) is 25.9 Å². The van der Waals surface area contributed by atoms with Crippen LogP contribution < -0.4 is 0 Å². The number of ether oxygens (including phenoxy) is 4. The highest BCUT2D eigenvalue weighted by atomic mass is 16.8. The minimum Gasteiger partial charge on any atom is -0.396 e. The predicted octanol–water partition coefficient (Wildman–Crippen LogP) is 4.92. The Bertz CT molecular complexity index is 572. The monoisotopic (exact) mass is 440 g/mol. The number of hydrogen-bond donors (Lipinski definition) is 1. The SMILES string of the molecule is C=CCCC[C@H]1C[C@H](CCC(=O)CC[C@@H](C)[C@H]2OC(C)(C)O[C@@H]2CCO)OC(C)(C)O1. The zero-order valence-corrected chi connectivity index (χ0v) is 20.2. The number of aliphatic hydroxyl groups excluding tert-OH is 1. The van der Waals surface area contributed by atoms with E-state index in [0.717, 1.165) is 38.5 Å². The molecule has 5 atom stereocenters. The van der Waals surface area contributed by atoms with Gasteiger partial charge in [-0.3, -0.25) is 4.79 Å². The molecular weight excluding hydrogens is 396 g/mol. The van der Waals surface area contributed by atoms with Crippen LogP contribution in [0.3, 0.4) is 0 Å². The van der Waals surface area contributed by atoms with Crippen molar-refractivity contribution in [2.45, 2.75) is 128 Å². The summed E-state index contributed by atoms with van der Waals surface area (Å²) < 4.78 is 24.1. The molecule has 0 spiro atoms. The molecule has 0 aliphatic carbocycles. The number of rotatable bonds is 13. The molecule has 2 fully saturated rings. The van der Waals surface area contributed by atoms with E-state index >= 15 is 0 Å². The first-order chi connectivity index (χ1) is 14.5. The number of carbonyl (C=O) groups excluding carboxylic acids is 1. The van der Waals surface area contributed by atoms with Crippen LogP contribution in [0.5, 0.6) is 0 Å². The average Bonchev–Trinajstić information content (AvgIpc) is 2.98. The van der Waals surface area contributed by atoms with Gasteiger partial charge in [-0.05, 0) is 72.1 Å². The topological polar surface area (TPSA) is 74.2 Å². The average molecular weight is 441 g/mol. The van der Waals surface area contributed by atoms with Gasteiger partial charge in [0.15, 0.2) is 11.6 Å². The first-order valence-electron chi connectivity index (χ1n) is 12.0. The van der Waals surface area contributed by atoms with Crippen LogP contribution in [0.1, 0.15) is 92.4 Å². The fraction of sp³-hybridized carbons (Fsp3) is 0.880. The standard InChI is InChI=1S/C25H44O6/c1-7-8-9-10-20-17-21(29-24(3,4)28-20)14-13-19(27)12-11-18(2)23-22(15-16-26)30-25(5,6)31-23/h7,18,20-23,26H,1,8-17H2,2-6H3/t18-,20+,21+,22-,23-/m1/s1. The van der Waals surface area contributed by atoms with E-state index in [0.29, 0.717) is 19.3 Å². The highest BCUT2D eigenvalue weighted by Gasteiger charge is 2.43. The van der Waals surface area contributed by atoms with Gasteiger partial charge in [0.2, 0.25) is 0 Å². The highest BCUT2D eigenvalue weighted by Crippen LogP contribution is 2.35. The Balaban J connectivity index is 1.76. The summed E-state index contributed by atoms with van der Waals surface area (Å²) in [6, 6.07) is 0. The van der Waals surface area contributed by atoms with E-state index in [2.05, 4.69) is 13.5 Å². The molecule has 0 aromatic heterocycles. The van der Waals surface area contributed by atoms with Crippen molar-refractivity contribution < 1.29 is 28.8 Å². The summed E-state index contributed by atoms with van der Waals surface area (Å²) in [6.45, 7) is 13.7. The number of carbonyl (C=O) groups is 1. The Morgan fingerprint density at radius 3 is 2.32 bits per heavy atom. The van der Waals surface area contributed by atoms with Crippen LogP contribution in [0.15, 0.2) is 12.7 Å². The number of aliphatic hydroxyl groups is 1. The van der Waals surface area contributed by atoms with Crippen LogP contribution in [0.4, 0.5) is 0 Å². The smallest absolute Gasteiger partial charge is 0.163 e. The molecule has 0 aromatic rings. The summed E-state index contributed by atoms with van der Waals surface area (Å²) >= 11 is 0. The lowest BCUT2D eigenvalue weighted by molar-refractivity contribution is -0.301. The summed E-state index contributed by atoms with van der Waals surface area (Å²) in [4.78, 5) is 12.6. The summed E-state index contributed by atoms with van der Waals surface area (Å²) in [5.74, 6) is -0.791. The number of Topliss-reactive ketones (excluding diaryl/α,β-unsaturated/α-hetero) is 1. The lowest BCUT2D eigenvalue weighted by Crippen LogP contribution is -2.44. The molecule has 0 saturated carbocycles. The van der Waals surface area contributed by atoms with Crippen LogP contribution in [0, 0.1) is 5.92 Å². The lowest BCUT2D eigenvalue weighted by Gasteiger charge is -2.41. The molecule has 0 amide bonds. The van der Waals surface area contributed by atoms with Gasteiger partial charge in [0.05, 0.1) is 24.4 Å². The predicted molar refractivity (Wildman–Crippen MR) is 121 cm³/mol. The van der Waals surface area contributed by atoms with Gasteiger partial charge in [0.1, 0.15) is 5.78 Å². The first kappa shape index (κ1) is 26.5. The third-order valence-electron chi connectivity index (χ3n) is 6.18. The normalized spacial score (nSPS) is 30.8. The quantitative estimate of drug-likeness (QED) is 0.324. The van der Waals surface area contributed by atoms with Gasteiger partial charge in [-0.1, -0.05) is 13.0 Å². The van der Waals surface area contributed by atoms with Crippen molar-refractivity contribution in [1.29, 1.82) is 0 Å². The third-order valence-corrected chi connectivity index (χ3v) is 6.18. The third kappa shape index (κ3) is 8.93. The number of allylic oxidation sites excluding steroid dienone is 1. The second kappa shape index (κ2) is 11.9. The van der Waals surface area contributed by atoms with Crippen molar-refractivity contribution in [3.05, 3.63) is 12.7 Å². The molecule has 6 heteroatoms. The van der Waals surface area contributed by atoms with Crippen LogP contribution >= 0.6 is 0 Å². The van der Waals surface area contributed by atoms with Crippen molar-refractivity contribution in [2.24, 2.45) is 5.92 Å². The van der Waals surface area contributed by atoms with E-state index in [-0.39, 0.29) is 42.7 Å². The molecular formula is C25H44O6. The summed E-state index contributed by atoms with van der Waals surface area (Å²) in [6.07, 6.45) is 8.96. The van der Waals surface area contributed by atoms with Crippen molar-refractivity contribution in [3.8, 4) is 0 Å². The van der Waals surface area contributed by atoms with Gasteiger partial charge < -0.3 is 24.1 Å². The molecule has 31 heavy (non-hydrogen) atoms. The van der Waals surface area contributed by atoms with E-state index in [1.165, 1.54) is 0 Å². The van der Waals surface area contributed by atoms with Crippen LogP contribution in [-0.2, 0) is 23.7 Å². The molecule has 2 aliphatic heterocycles. The lowest BCUT2D eigenvalue weighted by atomic mass is 9.91. The number of unbranched alkanes of at least 4 members (excludes halogenated alkanes) is 1. The Kier molecular flexibility index (Phi) is 10.2. The van der Waals surface area contributed by atoms with Crippen molar-refractivity contribution in [1.82, 2.24) is 0 Å². The molecule has 1 N–H and O–H groups in total. The van der Waals surface area contributed by atoms with Crippen molar-refractivity contribution >= 4 is 5.78 Å². The Morgan fingerprint density at radius 1 is 1.03 bits per heavy atom. The number of hydrogen-bond acceptors (Lipinski definition) is 6. The molecule has 180 valence electrons. The van der Waals surface area contributed by atoms with Crippen molar-refractivity contribution in [3.63, 3.8) is 0 Å². The maximum absolute atomic E-state index is 12.6.